The van der Waals surface area contributed by atoms with Crippen molar-refractivity contribution in [3.8, 4) is 0 Å². The zero-order chi connectivity index (χ0) is 13.2. The standard InChI is InChI=1S/C13H15BrFNO2/c14-10-5-9(6-11(15)7-10)12(17)16-8-13(18)3-1-2-4-13/h5-7,18H,1-4,8H2,(H,16,17). The van der Waals surface area contributed by atoms with Crippen LogP contribution in [0.2, 0.25) is 0 Å². The van der Waals surface area contributed by atoms with Crippen molar-refractivity contribution in [1.82, 2.24) is 5.32 Å². The molecule has 0 heterocycles. The van der Waals surface area contributed by atoms with Gasteiger partial charge in [0.25, 0.3) is 5.91 Å². The highest BCUT2D eigenvalue weighted by atomic mass is 79.9. The average molecular weight is 316 g/mol. The summed E-state index contributed by atoms with van der Waals surface area (Å²) < 4.78 is 13.7. The normalized spacial score (nSPS) is 17.7. The SMILES string of the molecule is O=C(NCC1(O)CCCC1)c1cc(F)cc(Br)c1. The predicted octanol–water partition coefficient (Wildman–Crippen LogP) is 2.62. The maximum atomic E-state index is 13.1. The van der Waals surface area contributed by atoms with Gasteiger partial charge in [0.1, 0.15) is 5.82 Å². The molecular formula is C13H15BrFNO2. The van der Waals surface area contributed by atoms with Gasteiger partial charge in [0.15, 0.2) is 0 Å². The molecule has 1 aliphatic rings. The number of nitrogens with one attached hydrogen (secondary N) is 1. The van der Waals surface area contributed by atoms with Crippen molar-refractivity contribution in [2.45, 2.75) is 31.3 Å². The first kappa shape index (κ1) is 13.5. The van der Waals surface area contributed by atoms with E-state index in [1.165, 1.54) is 12.1 Å². The Morgan fingerprint density at radius 2 is 2.06 bits per heavy atom. The first-order valence-electron chi connectivity index (χ1n) is 5.95. The second-order valence-corrected chi connectivity index (χ2v) is 5.69. The van der Waals surface area contributed by atoms with E-state index in [1.54, 1.807) is 6.07 Å². The van der Waals surface area contributed by atoms with E-state index in [1.807, 2.05) is 0 Å². The Bertz CT molecular complexity index is 438. The van der Waals surface area contributed by atoms with Gasteiger partial charge >= 0.3 is 0 Å². The molecule has 0 aromatic heterocycles. The van der Waals surface area contributed by atoms with E-state index < -0.39 is 11.4 Å². The summed E-state index contributed by atoms with van der Waals surface area (Å²) in [4.78, 5) is 11.8. The summed E-state index contributed by atoms with van der Waals surface area (Å²) in [7, 11) is 0. The van der Waals surface area contributed by atoms with Crippen LogP contribution in [0.1, 0.15) is 36.0 Å². The second-order valence-electron chi connectivity index (χ2n) is 4.77. The molecule has 98 valence electrons. The lowest BCUT2D eigenvalue weighted by molar-refractivity contribution is 0.0449. The van der Waals surface area contributed by atoms with Crippen LogP contribution in [0.15, 0.2) is 22.7 Å². The van der Waals surface area contributed by atoms with Gasteiger partial charge in [0.2, 0.25) is 0 Å². The Morgan fingerprint density at radius 3 is 2.67 bits per heavy atom. The molecular weight excluding hydrogens is 301 g/mol. The van der Waals surface area contributed by atoms with Crippen molar-refractivity contribution in [3.63, 3.8) is 0 Å². The lowest BCUT2D eigenvalue weighted by atomic mass is 10.0. The van der Waals surface area contributed by atoms with E-state index in [4.69, 9.17) is 0 Å². The number of hydrogen-bond acceptors (Lipinski definition) is 2. The molecule has 1 aromatic rings. The topological polar surface area (TPSA) is 49.3 Å². The van der Waals surface area contributed by atoms with Crippen LogP contribution in [0, 0.1) is 5.82 Å². The summed E-state index contributed by atoms with van der Waals surface area (Å²) in [5.41, 5.74) is -0.538. The number of aliphatic hydroxyl groups is 1. The first-order chi connectivity index (χ1) is 8.48. The molecule has 0 unspecified atom stereocenters. The molecule has 1 aliphatic carbocycles. The number of halogens is 2. The Labute approximate surface area is 114 Å². The van der Waals surface area contributed by atoms with Crippen LogP contribution in [0.4, 0.5) is 4.39 Å². The van der Waals surface area contributed by atoms with E-state index >= 15 is 0 Å². The maximum Gasteiger partial charge on any atom is 0.251 e. The van der Waals surface area contributed by atoms with Gasteiger partial charge < -0.3 is 10.4 Å². The van der Waals surface area contributed by atoms with Gasteiger partial charge in [-0.15, -0.1) is 0 Å². The molecule has 2 rings (SSSR count). The van der Waals surface area contributed by atoms with Crippen molar-refractivity contribution in [1.29, 1.82) is 0 Å². The quantitative estimate of drug-likeness (QED) is 0.901. The monoisotopic (exact) mass is 315 g/mol. The van der Waals surface area contributed by atoms with Gasteiger partial charge in [-0.2, -0.15) is 0 Å². The molecule has 5 heteroatoms. The van der Waals surface area contributed by atoms with Crippen molar-refractivity contribution in [2.24, 2.45) is 0 Å². The van der Waals surface area contributed by atoms with Crippen molar-refractivity contribution < 1.29 is 14.3 Å². The van der Waals surface area contributed by atoms with E-state index in [2.05, 4.69) is 21.2 Å². The minimum atomic E-state index is -0.791. The van der Waals surface area contributed by atoms with E-state index in [0.717, 1.165) is 12.8 Å². The molecule has 1 fully saturated rings. The molecule has 1 saturated carbocycles. The smallest absolute Gasteiger partial charge is 0.251 e. The van der Waals surface area contributed by atoms with Gasteiger partial charge in [-0.05, 0) is 31.0 Å². The molecule has 0 atom stereocenters. The van der Waals surface area contributed by atoms with E-state index in [9.17, 15) is 14.3 Å². The number of benzene rings is 1. The van der Waals surface area contributed by atoms with Crippen LogP contribution in [0.3, 0.4) is 0 Å². The fourth-order valence-electron chi connectivity index (χ4n) is 2.24. The number of amides is 1. The van der Waals surface area contributed by atoms with Gasteiger partial charge in [0.05, 0.1) is 5.60 Å². The maximum absolute atomic E-state index is 13.1. The van der Waals surface area contributed by atoms with Crippen LogP contribution in [-0.2, 0) is 0 Å². The summed E-state index contributed by atoms with van der Waals surface area (Å²) in [6.45, 7) is 0.222. The first-order valence-corrected chi connectivity index (χ1v) is 6.74. The summed E-state index contributed by atoms with van der Waals surface area (Å²) >= 11 is 3.14. The van der Waals surface area contributed by atoms with Crippen LogP contribution in [0.5, 0.6) is 0 Å². The largest absolute Gasteiger partial charge is 0.388 e. The fraction of sp³-hybridized carbons (Fsp3) is 0.462. The Morgan fingerprint density at radius 1 is 1.39 bits per heavy atom. The van der Waals surface area contributed by atoms with Crippen LogP contribution >= 0.6 is 15.9 Å². The molecule has 18 heavy (non-hydrogen) atoms. The third-order valence-corrected chi connectivity index (χ3v) is 3.69. The summed E-state index contributed by atoms with van der Waals surface area (Å²) in [6, 6.07) is 4.02. The Kier molecular flexibility index (Phi) is 4.02. The van der Waals surface area contributed by atoms with Crippen LogP contribution in [-0.4, -0.2) is 23.2 Å². The van der Waals surface area contributed by atoms with Crippen LogP contribution in [0.25, 0.3) is 0 Å². The van der Waals surface area contributed by atoms with Gasteiger partial charge in [0, 0.05) is 16.6 Å². The summed E-state index contributed by atoms with van der Waals surface area (Å²) in [6.07, 6.45) is 3.38. The van der Waals surface area contributed by atoms with E-state index in [0.29, 0.717) is 17.3 Å². The molecule has 0 radical (unpaired) electrons. The summed E-state index contributed by atoms with van der Waals surface area (Å²) in [5.74, 6) is -0.829. The van der Waals surface area contributed by atoms with E-state index in [-0.39, 0.29) is 18.0 Å². The highest BCUT2D eigenvalue weighted by molar-refractivity contribution is 9.10. The molecule has 0 aliphatic heterocycles. The average Bonchev–Trinajstić information content (AvgIpc) is 2.72. The van der Waals surface area contributed by atoms with Gasteiger partial charge in [-0.3, -0.25) is 4.79 Å². The summed E-state index contributed by atoms with van der Waals surface area (Å²) in [5, 5.41) is 12.8. The Hall–Kier alpha value is -0.940. The number of carbonyl (C=O) groups is 1. The van der Waals surface area contributed by atoms with Crippen LogP contribution < -0.4 is 5.32 Å². The second kappa shape index (κ2) is 5.36. The minimum absolute atomic E-state index is 0.222. The number of rotatable bonds is 3. The third kappa shape index (κ3) is 3.29. The van der Waals surface area contributed by atoms with Gasteiger partial charge in [-0.25, -0.2) is 4.39 Å². The van der Waals surface area contributed by atoms with Crippen molar-refractivity contribution in [2.75, 3.05) is 6.54 Å². The molecule has 1 amide bonds. The minimum Gasteiger partial charge on any atom is -0.388 e. The van der Waals surface area contributed by atoms with Crippen molar-refractivity contribution >= 4 is 21.8 Å². The molecule has 0 saturated heterocycles. The van der Waals surface area contributed by atoms with Gasteiger partial charge in [-0.1, -0.05) is 28.8 Å². The number of carbonyl (C=O) groups excluding carboxylic acids is 1. The lowest BCUT2D eigenvalue weighted by Crippen LogP contribution is -2.40. The molecule has 2 N–H and O–H groups in total. The molecule has 1 aromatic carbocycles. The van der Waals surface area contributed by atoms with Crippen molar-refractivity contribution in [3.05, 3.63) is 34.1 Å². The third-order valence-electron chi connectivity index (χ3n) is 3.24. The predicted molar refractivity (Wildman–Crippen MR) is 69.9 cm³/mol. The Balaban J connectivity index is 1.99. The number of hydrogen-bond donors (Lipinski definition) is 2. The molecule has 0 spiro atoms. The fourth-order valence-corrected chi connectivity index (χ4v) is 2.71. The zero-order valence-electron chi connectivity index (χ0n) is 9.88. The molecule has 3 nitrogen and oxygen atoms in total. The molecule has 0 bridgehead atoms. The highest BCUT2D eigenvalue weighted by Gasteiger charge is 2.31. The zero-order valence-corrected chi connectivity index (χ0v) is 11.5. The highest BCUT2D eigenvalue weighted by Crippen LogP contribution is 2.28. The lowest BCUT2D eigenvalue weighted by Gasteiger charge is -2.22.